The van der Waals surface area contributed by atoms with Gasteiger partial charge in [0.05, 0.1) is 19.3 Å². The van der Waals surface area contributed by atoms with E-state index >= 15 is 0 Å². The first-order chi connectivity index (χ1) is 12.2. The zero-order chi connectivity index (χ0) is 17.5. The summed E-state index contributed by atoms with van der Waals surface area (Å²) < 4.78 is 13.1. The molecule has 2 N–H and O–H groups in total. The van der Waals surface area contributed by atoms with Crippen molar-refractivity contribution in [2.75, 3.05) is 19.8 Å². The normalized spacial score (nSPS) is 14.4. The third-order valence-corrected chi connectivity index (χ3v) is 3.94. The summed E-state index contributed by atoms with van der Waals surface area (Å²) >= 11 is 0. The van der Waals surface area contributed by atoms with Crippen molar-refractivity contribution in [1.29, 1.82) is 0 Å². The largest absolute Gasteiger partial charge is 0.490 e. The zero-order valence-corrected chi connectivity index (χ0v) is 14.3. The van der Waals surface area contributed by atoms with Crippen LogP contribution in [0, 0.1) is 0 Å². The maximum atomic E-state index is 12.0. The molecule has 0 bridgehead atoms. The van der Waals surface area contributed by atoms with E-state index in [0.717, 1.165) is 36.4 Å². The Morgan fingerprint density at radius 2 is 2.16 bits per heavy atom. The van der Waals surface area contributed by atoms with Gasteiger partial charge in [-0.25, -0.2) is 9.78 Å². The van der Waals surface area contributed by atoms with Crippen molar-refractivity contribution in [1.82, 2.24) is 25.4 Å². The topological polar surface area (TPSA) is 90.3 Å². The second kappa shape index (κ2) is 8.36. The number of rotatable bonds is 6. The number of fused-ring (bicyclic) bond motifs is 1. The Balaban J connectivity index is 1.45. The molecule has 1 aliphatic rings. The first-order valence-corrected chi connectivity index (χ1v) is 8.49. The molecule has 0 aliphatic carbocycles. The molecule has 0 saturated heterocycles. The van der Waals surface area contributed by atoms with Gasteiger partial charge < -0.3 is 20.1 Å². The number of hydrogen-bond donors (Lipinski definition) is 2. The van der Waals surface area contributed by atoms with Crippen molar-refractivity contribution < 1.29 is 14.3 Å². The summed E-state index contributed by atoms with van der Waals surface area (Å²) in [7, 11) is 0. The van der Waals surface area contributed by atoms with Crippen LogP contribution in [0.15, 0.2) is 30.9 Å². The monoisotopic (exact) mass is 345 g/mol. The van der Waals surface area contributed by atoms with Gasteiger partial charge in [0, 0.05) is 19.5 Å². The smallest absolute Gasteiger partial charge is 0.315 e. The Labute approximate surface area is 146 Å². The Kier molecular flexibility index (Phi) is 5.71. The van der Waals surface area contributed by atoms with Crippen LogP contribution in [0.3, 0.4) is 0 Å². The number of nitrogens with zero attached hydrogens (tertiary/aromatic N) is 3. The molecule has 1 aliphatic heterocycles. The Hall–Kier alpha value is -2.77. The van der Waals surface area contributed by atoms with Crippen molar-refractivity contribution in [3.8, 4) is 11.5 Å². The SMILES string of the molecule is CC(NC(=O)NCCCn1cncn1)c1ccc2c(c1)OCCCO2. The van der Waals surface area contributed by atoms with Crippen LogP contribution in [0.1, 0.15) is 31.4 Å². The Morgan fingerprint density at radius 1 is 1.32 bits per heavy atom. The van der Waals surface area contributed by atoms with E-state index < -0.39 is 0 Å². The minimum absolute atomic E-state index is 0.132. The first-order valence-electron chi connectivity index (χ1n) is 8.49. The van der Waals surface area contributed by atoms with Crippen LogP contribution >= 0.6 is 0 Å². The van der Waals surface area contributed by atoms with Gasteiger partial charge >= 0.3 is 6.03 Å². The van der Waals surface area contributed by atoms with Crippen molar-refractivity contribution in [3.63, 3.8) is 0 Å². The van der Waals surface area contributed by atoms with E-state index in [9.17, 15) is 4.79 Å². The van der Waals surface area contributed by atoms with Crippen LogP contribution in [0.5, 0.6) is 11.5 Å². The van der Waals surface area contributed by atoms with Gasteiger partial charge in [-0.05, 0) is 31.0 Å². The molecule has 0 saturated carbocycles. The summed E-state index contributed by atoms with van der Waals surface area (Å²) in [5.74, 6) is 1.49. The van der Waals surface area contributed by atoms with Crippen LogP contribution in [0.25, 0.3) is 0 Å². The summed E-state index contributed by atoms with van der Waals surface area (Å²) in [6.45, 7) is 4.54. The number of amides is 2. The predicted octanol–water partition coefficient (Wildman–Crippen LogP) is 1.89. The molecule has 2 aromatic rings. The molecule has 0 radical (unpaired) electrons. The molecule has 134 valence electrons. The van der Waals surface area contributed by atoms with E-state index in [2.05, 4.69) is 20.7 Å². The third kappa shape index (κ3) is 4.85. The van der Waals surface area contributed by atoms with Crippen molar-refractivity contribution in [3.05, 3.63) is 36.4 Å². The zero-order valence-electron chi connectivity index (χ0n) is 14.3. The second-order valence-electron chi connectivity index (χ2n) is 5.89. The lowest BCUT2D eigenvalue weighted by molar-refractivity contribution is 0.237. The summed E-state index contributed by atoms with van der Waals surface area (Å²) in [5.41, 5.74) is 0.974. The molecule has 2 amide bonds. The molecule has 1 aromatic carbocycles. The maximum Gasteiger partial charge on any atom is 0.315 e. The number of urea groups is 1. The molecule has 3 rings (SSSR count). The number of benzene rings is 1. The van der Waals surface area contributed by atoms with Gasteiger partial charge in [0.25, 0.3) is 0 Å². The fourth-order valence-electron chi connectivity index (χ4n) is 2.57. The quantitative estimate of drug-likeness (QED) is 0.780. The third-order valence-electron chi connectivity index (χ3n) is 3.94. The minimum Gasteiger partial charge on any atom is -0.490 e. The number of nitrogens with one attached hydrogen (secondary N) is 2. The van der Waals surface area contributed by atoms with E-state index in [0.29, 0.717) is 19.8 Å². The van der Waals surface area contributed by atoms with Gasteiger partial charge in [0.2, 0.25) is 0 Å². The highest BCUT2D eigenvalue weighted by Crippen LogP contribution is 2.32. The second-order valence-corrected chi connectivity index (χ2v) is 5.89. The molecule has 2 heterocycles. The van der Waals surface area contributed by atoms with E-state index in [4.69, 9.17) is 9.47 Å². The van der Waals surface area contributed by atoms with E-state index in [1.54, 1.807) is 11.0 Å². The van der Waals surface area contributed by atoms with Gasteiger partial charge in [-0.1, -0.05) is 6.07 Å². The van der Waals surface area contributed by atoms with Gasteiger partial charge in [-0.15, -0.1) is 0 Å². The van der Waals surface area contributed by atoms with Gasteiger partial charge in [0.15, 0.2) is 11.5 Å². The molecular formula is C17H23N5O3. The number of hydrogen-bond acceptors (Lipinski definition) is 5. The van der Waals surface area contributed by atoms with E-state index in [1.807, 2.05) is 25.1 Å². The number of aromatic nitrogens is 3. The Morgan fingerprint density at radius 3 is 2.96 bits per heavy atom. The highest BCUT2D eigenvalue weighted by Gasteiger charge is 2.15. The molecule has 1 atom stereocenters. The minimum atomic E-state index is -0.196. The summed E-state index contributed by atoms with van der Waals surface area (Å²) in [6, 6.07) is 5.44. The molecule has 25 heavy (non-hydrogen) atoms. The highest BCUT2D eigenvalue weighted by molar-refractivity contribution is 5.74. The molecule has 0 spiro atoms. The van der Waals surface area contributed by atoms with Crippen molar-refractivity contribution in [2.24, 2.45) is 0 Å². The molecular weight excluding hydrogens is 322 g/mol. The predicted molar refractivity (Wildman–Crippen MR) is 91.6 cm³/mol. The number of ether oxygens (including phenoxy) is 2. The summed E-state index contributed by atoms with van der Waals surface area (Å²) in [6.07, 6.45) is 4.81. The average Bonchev–Trinajstić information content (AvgIpc) is 3.01. The lowest BCUT2D eigenvalue weighted by Crippen LogP contribution is -2.37. The maximum absolute atomic E-state index is 12.0. The molecule has 8 heteroatoms. The summed E-state index contributed by atoms with van der Waals surface area (Å²) in [5, 5.41) is 9.80. The molecule has 1 unspecified atom stereocenters. The fourth-order valence-corrected chi connectivity index (χ4v) is 2.57. The fraction of sp³-hybridized carbons (Fsp3) is 0.471. The number of carbonyl (C=O) groups excluding carboxylic acids is 1. The van der Waals surface area contributed by atoms with Gasteiger partial charge in [-0.2, -0.15) is 5.10 Å². The van der Waals surface area contributed by atoms with Crippen molar-refractivity contribution in [2.45, 2.75) is 32.4 Å². The van der Waals surface area contributed by atoms with Crippen LogP contribution in [0.4, 0.5) is 4.79 Å². The molecule has 8 nitrogen and oxygen atoms in total. The van der Waals surface area contributed by atoms with Crippen molar-refractivity contribution >= 4 is 6.03 Å². The first kappa shape index (κ1) is 17.1. The average molecular weight is 345 g/mol. The number of aryl methyl sites for hydroxylation is 1. The molecule has 1 aromatic heterocycles. The lowest BCUT2D eigenvalue weighted by atomic mass is 10.1. The number of carbonyl (C=O) groups is 1. The van der Waals surface area contributed by atoms with Crippen LogP contribution in [-0.2, 0) is 6.54 Å². The summed E-state index contributed by atoms with van der Waals surface area (Å²) in [4.78, 5) is 15.9. The van der Waals surface area contributed by atoms with E-state index in [1.165, 1.54) is 6.33 Å². The lowest BCUT2D eigenvalue weighted by Gasteiger charge is -2.17. The van der Waals surface area contributed by atoms with Crippen LogP contribution < -0.4 is 20.1 Å². The van der Waals surface area contributed by atoms with Gasteiger partial charge in [-0.3, -0.25) is 4.68 Å². The molecule has 0 fully saturated rings. The van der Waals surface area contributed by atoms with Crippen LogP contribution in [-0.4, -0.2) is 40.6 Å². The Bertz CT molecular complexity index is 690. The van der Waals surface area contributed by atoms with E-state index in [-0.39, 0.29) is 12.1 Å². The standard InChI is InChI=1S/C17H23N5O3/c1-13(14-4-5-15-16(10-14)25-9-3-8-24-15)21-17(23)19-6-2-7-22-12-18-11-20-22/h4-5,10-13H,2-3,6-9H2,1H3,(H2,19,21,23). The van der Waals surface area contributed by atoms with Crippen LogP contribution in [0.2, 0.25) is 0 Å². The van der Waals surface area contributed by atoms with Gasteiger partial charge in [0.1, 0.15) is 12.7 Å². The highest BCUT2D eigenvalue weighted by atomic mass is 16.5.